The summed E-state index contributed by atoms with van der Waals surface area (Å²) in [5.41, 5.74) is 0.599. The van der Waals surface area contributed by atoms with Gasteiger partial charge in [-0.2, -0.15) is 0 Å². The summed E-state index contributed by atoms with van der Waals surface area (Å²) in [6.07, 6.45) is 2.96. The van der Waals surface area contributed by atoms with Crippen LogP contribution < -0.4 is 10.6 Å². The highest BCUT2D eigenvalue weighted by molar-refractivity contribution is 7.88. The third-order valence-corrected chi connectivity index (χ3v) is 4.60. The molecule has 1 unspecified atom stereocenters. The minimum absolute atomic E-state index is 0.167. The zero-order valence-electron chi connectivity index (χ0n) is 11.2. The van der Waals surface area contributed by atoms with Gasteiger partial charge < -0.3 is 10.6 Å². The Kier molecular flexibility index (Phi) is 6.02. The van der Waals surface area contributed by atoms with Crippen molar-refractivity contribution in [3.8, 4) is 0 Å². The van der Waals surface area contributed by atoms with E-state index in [2.05, 4.69) is 15.6 Å². The van der Waals surface area contributed by atoms with Gasteiger partial charge in [-0.15, -0.1) is 0 Å². The molecule has 2 rings (SSSR count). The standard InChI is InChI=1S/C13H15Cl2N3O2S/c14-10-6-11(15)12(18-7-10)16-3-4-17-13(19)9-2-1-5-21(20)8-9/h6-8H,1-5H2,(H,16,18)(H,17,19). The van der Waals surface area contributed by atoms with Gasteiger partial charge in [-0.05, 0) is 18.9 Å². The zero-order valence-corrected chi connectivity index (χ0v) is 13.5. The molecule has 0 bridgehead atoms. The van der Waals surface area contributed by atoms with Gasteiger partial charge in [-0.1, -0.05) is 23.2 Å². The number of nitrogens with one attached hydrogen (secondary N) is 2. The molecule has 0 radical (unpaired) electrons. The Balaban J connectivity index is 1.77. The maximum Gasteiger partial charge on any atom is 0.247 e. The van der Waals surface area contributed by atoms with Crippen molar-refractivity contribution in [2.24, 2.45) is 0 Å². The van der Waals surface area contributed by atoms with Crippen molar-refractivity contribution in [1.29, 1.82) is 0 Å². The SMILES string of the molecule is O=C(NCCNc1ncc(Cl)cc1Cl)C1=CS(=O)CCC1. The minimum atomic E-state index is -1.01. The molecule has 0 saturated heterocycles. The lowest BCUT2D eigenvalue weighted by Gasteiger charge is -2.13. The molecule has 114 valence electrons. The average molecular weight is 348 g/mol. The van der Waals surface area contributed by atoms with Crippen LogP contribution in [0.1, 0.15) is 12.8 Å². The molecule has 2 heterocycles. The van der Waals surface area contributed by atoms with Crippen LogP contribution in [0, 0.1) is 0 Å². The summed E-state index contributed by atoms with van der Waals surface area (Å²) in [7, 11) is -1.01. The van der Waals surface area contributed by atoms with Gasteiger partial charge in [0.1, 0.15) is 5.82 Å². The van der Waals surface area contributed by atoms with E-state index >= 15 is 0 Å². The molecule has 1 aliphatic heterocycles. The van der Waals surface area contributed by atoms with Crippen molar-refractivity contribution in [3.05, 3.63) is 33.3 Å². The Labute approximate surface area is 135 Å². The van der Waals surface area contributed by atoms with Crippen LogP contribution in [0.3, 0.4) is 0 Å². The van der Waals surface area contributed by atoms with E-state index in [1.54, 1.807) is 11.5 Å². The maximum atomic E-state index is 11.9. The second kappa shape index (κ2) is 7.77. The van der Waals surface area contributed by atoms with Crippen molar-refractivity contribution in [1.82, 2.24) is 10.3 Å². The van der Waals surface area contributed by atoms with Crippen LogP contribution in [-0.4, -0.2) is 33.9 Å². The fourth-order valence-electron chi connectivity index (χ4n) is 1.86. The zero-order chi connectivity index (χ0) is 15.2. The summed E-state index contributed by atoms with van der Waals surface area (Å²) < 4.78 is 11.4. The van der Waals surface area contributed by atoms with Crippen molar-refractivity contribution >= 4 is 45.7 Å². The highest BCUT2D eigenvalue weighted by Gasteiger charge is 2.15. The monoisotopic (exact) mass is 347 g/mol. The lowest BCUT2D eigenvalue weighted by molar-refractivity contribution is -0.117. The van der Waals surface area contributed by atoms with Crippen LogP contribution in [-0.2, 0) is 15.6 Å². The molecule has 5 nitrogen and oxygen atoms in total. The van der Waals surface area contributed by atoms with Gasteiger partial charge in [0.05, 0.1) is 10.0 Å². The molecule has 2 N–H and O–H groups in total. The number of carbonyl (C=O) groups is 1. The normalized spacial score (nSPS) is 18.0. The molecule has 1 aromatic rings. The van der Waals surface area contributed by atoms with E-state index in [1.165, 1.54) is 6.20 Å². The Morgan fingerprint density at radius 2 is 2.19 bits per heavy atom. The number of rotatable bonds is 5. The Morgan fingerprint density at radius 1 is 1.38 bits per heavy atom. The number of aromatic nitrogens is 1. The Bertz CT molecular complexity index is 593. The highest BCUT2D eigenvalue weighted by Crippen LogP contribution is 2.22. The number of nitrogens with zero attached hydrogens (tertiary/aromatic N) is 1. The summed E-state index contributed by atoms with van der Waals surface area (Å²) in [6, 6.07) is 1.60. The van der Waals surface area contributed by atoms with Gasteiger partial charge in [-0.3, -0.25) is 9.00 Å². The highest BCUT2D eigenvalue weighted by atomic mass is 35.5. The van der Waals surface area contributed by atoms with Gasteiger partial charge in [-0.25, -0.2) is 4.98 Å². The maximum absolute atomic E-state index is 11.9. The molecule has 0 fully saturated rings. The lowest BCUT2D eigenvalue weighted by Crippen LogP contribution is -2.31. The molecule has 21 heavy (non-hydrogen) atoms. The predicted molar refractivity (Wildman–Crippen MR) is 86.1 cm³/mol. The quantitative estimate of drug-likeness (QED) is 0.802. The van der Waals surface area contributed by atoms with Crippen LogP contribution in [0.2, 0.25) is 10.0 Å². The van der Waals surface area contributed by atoms with E-state index in [9.17, 15) is 9.00 Å². The van der Waals surface area contributed by atoms with E-state index in [1.807, 2.05) is 0 Å². The van der Waals surface area contributed by atoms with Crippen LogP contribution in [0.15, 0.2) is 23.2 Å². The molecule has 0 spiro atoms. The van der Waals surface area contributed by atoms with Gasteiger partial charge >= 0.3 is 0 Å². The number of carbonyl (C=O) groups excluding carboxylic acids is 1. The molecule has 0 aliphatic carbocycles. The van der Waals surface area contributed by atoms with Gasteiger partial charge in [0.25, 0.3) is 0 Å². The number of anilines is 1. The fraction of sp³-hybridized carbons (Fsp3) is 0.385. The molecule has 0 aromatic carbocycles. The molecule has 1 aromatic heterocycles. The summed E-state index contributed by atoms with van der Waals surface area (Å²) >= 11 is 11.7. The van der Waals surface area contributed by atoms with E-state index in [4.69, 9.17) is 23.2 Å². The van der Waals surface area contributed by atoms with Gasteiger partial charge in [0.15, 0.2) is 0 Å². The molecule has 0 saturated carbocycles. The molecular weight excluding hydrogens is 333 g/mol. The summed E-state index contributed by atoms with van der Waals surface area (Å²) in [5, 5.41) is 8.23. The second-order valence-electron chi connectivity index (χ2n) is 4.50. The third-order valence-electron chi connectivity index (χ3n) is 2.87. The summed E-state index contributed by atoms with van der Waals surface area (Å²) in [4.78, 5) is 15.9. The van der Waals surface area contributed by atoms with Crippen LogP contribution in [0.4, 0.5) is 5.82 Å². The molecule has 1 amide bonds. The lowest BCUT2D eigenvalue weighted by atomic mass is 10.1. The number of hydrogen-bond donors (Lipinski definition) is 2. The first-order chi connectivity index (χ1) is 10.1. The molecule has 1 aliphatic rings. The molecule has 8 heteroatoms. The smallest absolute Gasteiger partial charge is 0.247 e. The topological polar surface area (TPSA) is 71.1 Å². The van der Waals surface area contributed by atoms with Crippen LogP contribution >= 0.6 is 23.2 Å². The largest absolute Gasteiger partial charge is 0.367 e. The van der Waals surface area contributed by atoms with Crippen LogP contribution in [0.25, 0.3) is 0 Å². The Morgan fingerprint density at radius 3 is 2.90 bits per heavy atom. The minimum Gasteiger partial charge on any atom is -0.367 e. The van der Waals surface area contributed by atoms with Crippen molar-refractivity contribution < 1.29 is 9.00 Å². The van der Waals surface area contributed by atoms with Crippen molar-refractivity contribution in [3.63, 3.8) is 0 Å². The third kappa shape index (κ3) is 4.98. The fourth-order valence-corrected chi connectivity index (χ4v) is 3.40. The number of hydrogen-bond acceptors (Lipinski definition) is 4. The Hall–Kier alpha value is -1.11. The van der Waals surface area contributed by atoms with Gasteiger partial charge in [0, 0.05) is 46.8 Å². The van der Waals surface area contributed by atoms with Crippen molar-refractivity contribution in [2.75, 3.05) is 24.2 Å². The first-order valence-electron chi connectivity index (χ1n) is 6.47. The first kappa shape index (κ1) is 16.3. The second-order valence-corrected chi connectivity index (χ2v) is 6.75. The van der Waals surface area contributed by atoms with E-state index in [0.717, 1.165) is 6.42 Å². The molecule has 1 atom stereocenters. The number of amides is 1. The van der Waals surface area contributed by atoms with E-state index in [0.29, 0.717) is 46.7 Å². The van der Waals surface area contributed by atoms with E-state index in [-0.39, 0.29) is 5.91 Å². The summed E-state index contributed by atoms with van der Waals surface area (Å²) in [5.74, 6) is 0.993. The number of halogens is 2. The average Bonchev–Trinajstić information content (AvgIpc) is 2.45. The predicted octanol–water partition coefficient (Wildman–Crippen LogP) is 2.34. The van der Waals surface area contributed by atoms with Crippen molar-refractivity contribution in [2.45, 2.75) is 12.8 Å². The first-order valence-corrected chi connectivity index (χ1v) is 8.61. The van der Waals surface area contributed by atoms with Gasteiger partial charge in [0.2, 0.25) is 5.91 Å². The number of pyridine rings is 1. The summed E-state index contributed by atoms with van der Waals surface area (Å²) in [6.45, 7) is 0.903. The van der Waals surface area contributed by atoms with Crippen LogP contribution in [0.5, 0.6) is 0 Å². The molecular formula is C13H15Cl2N3O2S. The van der Waals surface area contributed by atoms with E-state index < -0.39 is 10.8 Å².